The molecule has 0 spiro atoms. The summed E-state index contributed by atoms with van der Waals surface area (Å²) in [5.74, 6) is 0. The molecule has 0 atom stereocenters. The van der Waals surface area contributed by atoms with Crippen LogP contribution >= 0.6 is 8.51 Å². The maximum absolute atomic E-state index is 9.83. The topological polar surface area (TPSA) is 0 Å². The Hall–Kier alpha value is 0.838. The molecule has 0 aromatic carbocycles. The van der Waals surface area contributed by atoms with Gasteiger partial charge in [-0.05, 0) is 0 Å². The summed E-state index contributed by atoms with van der Waals surface area (Å²) < 4.78 is 39.3. The van der Waals surface area contributed by atoms with Crippen LogP contribution in [0, 0.1) is 0 Å². The van der Waals surface area contributed by atoms with E-state index in [-0.39, 0.29) is 21.1 Å². The van der Waals surface area contributed by atoms with Gasteiger partial charge >= 0.3 is 25.3 Å². The molecule has 0 heterocycles. The molecule has 0 aliphatic heterocycles. The van der Waals surface area contributed by atoms with Gasteiger partial charge in [0.15, 0.2) is 0 Å². The van der Waals surface area contributed by atoms with Gasteiger partial charge in [-0.15, -0.1) is 0 Å². The van der Waals surface area contributed by atoms with Gasteiger partial charge in [-0.25, -0.2) is 0 Å². The molecular weight excluding hydrogens is 302 g/mol. The summed E-state index contributed by atoms with van der Waals surface area (Å²) in [6.07, 6.45) is 0. The fraction of sp³-hybridized carbons (Fsp3) is 0. The van der Waals surface area contributed by atoms with E-state index in [1.54, 1.807) is 0 Å². The molecular formula is HF4PPt. The summed E-state index contributed by atoms with van der Waals surface area (Å²) in [5, 5.41) is 0. The first kappa shape index (κ1) is 9.96. The van der Waals surface area contributed by atoms with Crippen molar-refractivity contribution >= 4 is 8.51 Å². The second kappa shape index (κ2) is 2.92. The van der Waals surface area contributed by atoms with E-state index in [2.05, 4.69) is 0 Å². The second-order valence-corrected chi connectivity index (χ2v) is 1.29. The Morgan fingerprint density at radius 2 is 0.833 bits per heavy atom. The fourth-order valence-corrected chi connectivity index (χ4v) is 0. The Bertz CT molecular complexity index is 23.0. The van der Waals surface area contributed by atoms with Crippen molar-refractivity contribution in [2.24, 2.45) is 0 Å². The molecule has 0 aliphatic rings. The summed E-state index contributed by atoms with van der Waals surface area (Å²) >= 11 is 0. The van der Waals surface area contributed by atoms with E-state index in [9.17, 15) is 16.8 Å². The van der Waals surface area contributed by atoms with Crippen LogP contribution < -0.4 is 0 Å². The minimum Gasteiger partial charge on any atom is 0 e. The molecule has 0 fully saturated rings. The Labute approximate surface area is 47.0 Å². The van der Waals surface area contributed by atoms with Crippen LogP contribution in [0.3, 0.4) is 0 Å². The molecule has 44 valence electrons. The van der Waals surface area contributed by atoms with E-state index >= 15 is 0 Å². The molecule has 0 aliphatic carbocycles. The molecule has 0 bridgehead atoms. The quantitative estimate of drug-likeness (QED) is 0.476. The van der Waals surface area contributed by atoms with Crippen molar-refractivity contribution in [3.63, 3.8) is 0 Å². The van der Waals surface area contributed by atoms with Crippen LogP contribution in [-0.4, -0.2) is 0 Å². The van der Waals surface area contributed by atoms with Crippen LogP contribution in [0.2, 0.25) is 0 Å². The average molecular weight is 303 g/mol. The van der Waals surface area contributed by atoms with Gasteiger partial charge in [0.1, 0.15) is 0 Å². The summed E-state index contributed by atoms with van der Waals surface area (Å²) in [6.45, 7) is 0. The maximum Gasteiger partial charge on any atom is 0 e. The molecule has 0 radical (unpaired) electrons. The molecule has 0 rings (SSSR count). The van der Waals surface area contributed by atoms with Crippen LogP contribution in [0.4, 0.5) is 16.8 Å². The van der Waals surface area contributed by atoms with Crippen LogP contribution in [0.1, 0.15) is 0 Å². The fourth-order valence-electron chi connectivity index (χ4n) is 0. The third-order valence-electron chi connectivity index (χ3n) is 0. The summed E-state index contributed by atoms with van der Waals surface area (Å²) in [7, 11) is -6.61. The monoisotopic (exact) mass is 303 g/mol. The zero-order valence-electron chi connectivity index (χ0n) is 2.33. The van der Waals surface area contributed by atoms with E-state index in [1.165, 1.54) is 0 Å². The Morgan fingerprint density at radius 3 is 0.833 bits per heavy atom. The van der Waals surface area contributed by atoms with Crippen molar-refractivity contribution in [2.45, 2.75) is 0 Å². The molecule has 0 aromatic rings. The summed E-state index contributed by atoms with van der Waals surface area (Å²) in [5.41, 5.74) is 0. The molecule has 6 heavy (non-hydrogen) atoms. The van der Waals surface area contributed by atoms with Gasteiger partial charge in [0.25, 0.3) is 0 Å². The van der Waals surface area contributed by atoms with Gasteiger partial charge in [-0.2, -0.15) is 0 Å². The van der Waals surface area contributed by atoms with Crippen LogP contribution in [-0.2, 0) is 21.1 Å². The first-order chi connectivity index (χ1) is 2.00. The normalized spacial score (nSPS) is 12.7. The smallest absolute Gasteiger partial charge is 0 e. The molecule has 0 saturated heterocycles. The van der Waals surface area contributed by atoms with Crippen molar-refractivity contribution in [3.05, 3.63) is 0 Å². The Morgan fingerprint density at radius 1 is 0.833 bits per heavy atom. The number of hydrogen-bond donors (Lipinski definition) is 0. The van der Waals surface area contributed by atoms with E-state index < -0.39 is 8.51 Å². The van der Waals surface area contributed by atoms with Crippen molar-refractivity contribution in [1.82, 2.24) is 0 Å². The molecule has 0 unspecified atom stereocenters. The third-order valence-corrected chi connectivity index (χ3v) is 0. The van der Waals surface area contributed by atoms with E-state index in [0.717, 1.165) is 0 Å². The number of hydrogen-bond acceptors (Lipinski definition) is 0. The zero-order chi connectivity index (χ0) is 4.50. The van der Waals surface area contributed by atoms with Crippen LogP contribution in [0.25, 0.3) is 0 Å². The van der Waals surface area contributed by atoms with Gasteiger partial charge in [-0.3, -0.25) is 0 Å². The SMILES string of the molecule is F[PH](F)(F)F.[Pt]. The van der Waals surface area contributed by atoms with Crippen molar-refractivity contribution in [1.29, 1.82) is 0 Å². The molecule has 0 nitrogen and oxygen atoms in total. The second-order valence-electron chi connectivity index (χ2n) is 0.429. The number of halogens is 4. The first-order valence-corrected chi connectivity index (χ1v) is 2.27. The van der Waals surface area contributed by atoms with E-state index in [1.807, 2.05) is 0 Å². The van der Waals surface area contributed by atoms with Crippen molar-refractivity contribution in [2.75, 3.05) is 0 Å². The first-order valence-electron chi connectivity index (χ1n) is 0.756. The number of rotatable bonds is 0. The molecule has 6 heteroatoms. The van der Waals surface area contributed by atoms with Gasteiger partial charge in [0.2, 0.25) is 0 Å². The Balaban J connectivity index is 0. The molecule has 0 N–H and O–H groups in total. The predicted molar refractivity (Wildman–Crippen MR) is 12.7 cm³/mol. The zero-order valence-corrected chi connectivity index (χ0v) is 5.60. The van der Waals surface area contributed by atoms with Crippen LogP contribution in [0.5, 0.6) is 0 Å². The van der Waals surface area contributed by atoms with Gasteiger partial charge in [0.05, 0.1) is 0 Å². The van der Waals surface area contributed by atoms with E-state index in [4.69, 9.17) is 0 Å². The molecule has 0 aromatic heterocycles. The summed E-state index contributed by atoms with van der Waals surface area (Å²) in [6, 6.07) is 0. The predicted octanol–water partition coefficient (Wildman–Crippen LogP) is 2.27. The van der Waals surface area contributed by atoms with Gasteiger partial charge < -0.3 is 0 Å². The van der Waals surface area contributed by atoms with Gasteiger partial charge in [0, 0.05) is 21.1 Å². The Kier molecular flexibility index (Phi) is 4.85. The summed E-state index contributed by atoms with van der Waals surface area (Å²) in [4.78, 5) is 0. The van der Waals surface area contributed by atoms with Gasteiger partial charge in [-0.1, -0.05) is 0 Å². The minimum absolute atomic E-state index is 0. The molecule has 0 amide bonds. The van der Waals surface area contributed by atoms with Crippen molar-refractivity contribution in [3.8, 4) is 0 Å². The third kappa shape index (κ3) is 101. The maximum atomic E-state index is 9.83. The van der Waals surface area contributed by atoms with Crippen molar-refractivity contribution < 1.29 is 37.9 Å². The van der Waals surface area contributed by atoms with E-state index in [0.29, 0.717) is 0 Å². The van der Waals surface area contributed by atoms with Crippen LogP contribution in [0.15, 0.2) is 0 Å². The average Bonchev–Trinajstić information content (AvgIpc) is 0.722. The largest absolute Gasteiger partial charge is 0 e. The molecule has 0 saturated carbocycles. The minimum atomic E-state index is -6.61. The standard InChI is InChI=1S/F4HP.Pt/c1-5(2,3)4;/h5H;.